The molecule has 3 heteroatoms. The average Bonchev–Trinajstić information content (AvgIpc) is 1.91. The molecule has 1 rings (SSSR count). The Morgan fingerprint density at radius 2 is 2.56 bits per heavy atom. The molecule has 0 aliphatic carbocycles. The zero-order valence-electron chi connectivity index (χ0n) is 5.33. The molecule has 1 heterocycles. The van der Waals surface area contributed by atoms with Crippen LogP contribution in [0.4, 0.5) is 0 Å². The van der Waals surface area contributed by atoms with Gasteiger partial charge < -0.3 is 0 Å². The zero-order valence-corrected chi connectivity index (χ0v) is 5.33. The molecule has 1 aromatic rings. The lowest BCUT2D eigenvalue weighted by Gasteiger charge is -1.90. The Balaban J connectivity index is 2.61. The number of hydrogen-bond donors (Lipinski definition) is 0. The van der Waals surface area contributed by atoms with Crippen LogP contribution in [-0.2, 0) is 6.42 Å². The van der Waals surface area contributed by atoms with Crippen molar-refractivity contribution in [1.82, 2.24) is 15.0 Å². The lowest BCUT2D eigenvalue weighted by molar-refractivity contribution is 0.812. The van der Waals surface area contributed by atoms with E-state index in [1.165, 1.54) is 6.33 Å². The fraction of sp³-hybridized carbons (Fsp3) is 0.500. The van der Waals surface area contributed by atoms with Crippen LogP contribution < -0.4 is 0 Å². The van der Waals surface area contributed by atoms with Gasteiger partial charge in [-0.3, -0.25) is 0 Å². The molecule has 1 aromatic heterocycles. The van der Waals surface area contributed by atoms with Gasteiger partial charge in [-0.1, -0.05) is 6.92 Å². The third kappa shape index (κ3) is 1.76. The summed E-state index contributed by atoms with van der Waals surface area (Å²) in [7, 11) is 0. The monoisotopic (exact) mass is 122 g/mol. The average molecular weight is 122 g/mol. The number of rotatable bonds is 2. The molecule has 0 saturated heterocycles. The third-order valence-electron chi connectivity index (χ3n) is 0.975. The van der Waals surface area contributed by atoms with Gasteiger partial charge in [0.25, 0.3) is 0 Å². The van der Waals surface area contributed by atoms with E-state index >= 15 is 0 Å². The molecule has 0 aliphatic heterocycles. The quantitative estimate of drug-likeness (QED) is 0.577. The van der Waals surface area contributed by atoms with Crippen molar-refractivity contribution >= 4 is 0 Å². The Kier molecular flexibility index (Phi) is 2.13. The smallest absolute Gasteiger partial charge is 0.201 e. The lowest BCUT2D eigenvalue weighted by Crippen LogP contribution is -1.93. The molecule has 0 N–H and O–H groups in total. The normalized spacial score (nSPS) is 9.44. The minimum absolute atomic E-state index is 0.826. The van der Waals surface area contributed by atoms with Gasteiger partial charge in [-0.25, -0.2) is 15.0 Å². The van der Waals surface area contributed by atoms with Crippen molar-refractivity contribution in [3.8, 4) is 0 Å². The maximum atomic E-state index is 3.92. The summed E-state index contributed by atoms with van der Waals surface area (Å²) in [6.07, 6.45) is 5.94. The second-order valence-corrected chi connectivity index (χ2v) is 1.75. The van der Waals surface area contributed by atoms with Crippen molar-refractivity contribution in [2.75, 3.05) is 0 Å². The third-order valence-corrected chi connectivity index (χ3v) is 0.975. The fourth-order valence-electron chi connectivity index (χ4n) is 0.581. The molecule has 3 nitrogen and oxygen atoms in total. The second-order valence-electron chi connectivity index (χ2n) is 1.75. The lowest BCUT2D eigenvalue weighted by atomic mass is 10.3. The molecular formula is C6H8N3. The first-order valence-electron chi connectivity index (χ1n) is 2.97. The van der Waals surface area contributed by atoms with Crippen LogP contribution >= 0.6 is 0 Å². The van der Waals surface area contributed by atoms with Crippen molar-refractivity contribution < 1.29 is 0 Å². The molecule has 0 unspecified atom stereocenters. The molecule has 0 aromatic carbocycles. The van der Waals surface area contributed by atoms with Crippen LogP contribution in [-0.4, -0.2) is 15.0 Å². The van der Waals surface area contributed by atoms with Crippen LogP contribution in [0.5, 0.6) is 0 Å². The van der Waals surface area contributed by atoms with E-state index in [0.29, 0.717) is 0 Å². The molecule has 9 heavy (non-hydrogen) atoms. The summed E-state index contributed by atoms with van der Waals surface area (Å²) in [5, 5.41) is 0. The van der Waals surface area contributed by atoms with Crippen molar-refractivity contribution in [3.63, 3.8) is 0 Å². The summed E-state index contributed by atoms with van der Waals surface area (Å²) in [6, 6.07) is 0. The van der Waals surface area contributed by atoms with E-state index in [2.05, 4.69) is 28.2 Å². The standard InChI is InChI=1S/C6H8N3/c1-2-3-6-8-4-7-5-9-6/h4H,2-3H2,1H3. The van der Waals surface area contributed by atoms with Gasteiger partial charge in [-0.2, -0.15) is 0 Å². The Bertz CT molecular complexity index is 161. The van der Waals surface area contributed by atoms with Crippen LogP contribution in [0.1, 0.15) is 19.2 Å². The molecule has 0 bridgehead atoms. The Labute approximate surface area is 54.2 Å². The highest BCUT2D eigenvalue weighted by Gasteiger charge is 1.89. The van der Waals surface area contributed by atoms with Gasteiger partial charge in [0.15, 0.2) is 0 Å². The van der Waals surface area contributed by atoms with Crippen molar-refractivity contribution in [3.05, 3.63) is 18.5 Å². The van der Waals surface area contributed by atoms with Gasteiger partial charge in [-0.05, 0) is 6.42 Å². The fourth-order valence-corrected chi connectivity index (χ4v) is 0.581. The first-order valence-corrected chi connectivity index (χ1v) is 2.97. The van der Waals surface area contributed by atoms with Gasteiger partial charge in [-0.15, -0.1) is 0 Å². The first kappa shape index (κ1) is 6.13. The van der Waals surface area contributed by atoms with Crippen LogP contribution in [0.3, 0.4) is 0 Å². The molecule has 0 fully saturated rings. The maximum Gasteiger partial charge on any atom is 0.201 e. The van der Waals surface area contributed by atoms with E-state index in [1.807, 2.05) is 0 Å². The summed E-state index contributed by atoms with van der Waals surface area (Å²) >= 11 is 0. The molecule has 0 spiro atoms. The van der Waals surface area contributed by atoms with Crippen LogP contribution in [0.25, 0.3) is 0 Å². The van der Waals surface area contributed by atoms with Gasteiger partial charge in [0.05, 0.1) is 0 Å². The van der Waals surface area contributed by atoms with Crippen molar-refractivity contribution in [1.29, 1.82) is 0 Å². The predicted molar refractivity (Wildman–Crippen MR) is 32.7 cm³/mol. The van der Waals surface area contributed by atoms with E-state index in [-0.39, 0.29) is 0 Å². The summed E-state index contributed by atoms with van der Waals surface area (Å²) in [5.74, 6) is 0.826. The first-order chi connectivity index (χ1) is 4.43. The number of aromatic nitrogens is 3. The van der Waals surface area contributed by atoms with E-state index in [0.717, 1.165) is 18.7 Å². The van der Waals surface area contributed by atoms with E-state index in [4.69, 9.17) is 0 Å². The molecule has 0 aliphatic rings. The SMILES string of the molecule is CCCc1n[c]ncn1. The summed E-state index contributed by atoms with van der Waals surface area (Å²) in [5.41, 5.74) is 0. The molecule has 1 radical (unpaired) electrons. The minimum Gasteiger partial charge on any atom is -0.221 e. The van der Waals surface area contributed by atoms with Gasteiger partial charge in [0.1, 0.15) is 12.2 Å². The Hall–Kier alpha value is -0.990. The molecule has 0 atom stereocenters. The Morgan fingerprint density at radius 3 is 3.11 bits per heavy atom. The van der Waals surface area contributed by atoms with Gasteiger partial charge >= 0.3 is 0 Å². The van der Waals surface area contributed by atoms with E-state index in [9.17, 15) is 0 Å². The van der Waals surface area contributed by atoms with Crippen molar-refractivity contribution in [2.45, 2.75) is 19.8 Å². The number of aryl methyl sites for hydroxylation is 1. The number of hydrogen-bond acceptors (Lipinski definition) is 3. The summed E-state index contributed by atoms with van der Waals surface area (Å²) < 4.78 is 0. The predicted octanol–water partition coefficient (Wildman–Crippen LogP) is 0.624. The highest BCUT2D eigenvalue weighted by atomic mass is 15.0. The topological polar surface area (TPSA) is 38.7 Å². The van der Waals surface area contributed by atoms with Gasteiger partial charge in [0, 0.05) is 6.42 Å². The van der Waals surface area contributed by atoms with E-state index < -0.39 is 0 Å². The summed E-state index contributed by atoms with van der Waals surface area (Å²) in [6.45, 7) is 2.09. The second kappa shape index (κ2) is 3.12. The van der Waals surface area contributed by atoms with Crippen molar-refractivity contribution in [2.24, 2.45) is 0 Å². The minimum atomic E-state index is 0.826. The highest BCUT2D eigenvalue weighted by molar-refractivity contribution is 4.79. The molecule has 0 saturated carbocycles. The molecule has 47 valence electrons. The molecule has 0 amide bonds. The van der Waals surface area contributed by atoms with Crippen LogP contribution in [0, 0.1) is 6.33 Å². The Morgan fingerprint density at radius 1 is 1.67 bits per heavy atom. The summed E-state index contributed by atoms with van der Waals surface area (Å²) in [4.78, 5) is 11.3. The maximum absolute atomic E-state index is 3.92. The van der Waals surface area contributed by atoms with Crippen LogP contribution in [0.15, 0.2) is 6.33 Å². The molecular weight excluding hydrogens is 114 g/mol. The van der Waals surface area contributed by atoms with Gasteiger partial charge in [0.2, 0.25) is 6.33 Å². The highest BCUT2D eigenvalue weighted by Crippen LogP contribution is 1.89. The van der Waals surface area contributed by atoms with E-state index in [1.54, 1.807) is 0 Å². The zero-order chi connectivity index (χ0) is 6.53. The van der Waals surface area contributed by atoms with Crippen LogP contribution in [0.2, 0.25) is 0 Å². The number of nitrogens with zero attached hydrogens (tertiary/aromatic N) is 3. The largest absolute Gasteiger partial charge is 0.221 e.